The SMILES string of the molecule is Nc1ccc(C(=O)OCC(=O)Nc2cc(C(F)(F)F)ccc2N2CCCCC2)cc1. The lowest BCUT2D eigenvalue weighted by Crippen LogP contribution is -2.31. The number of ether oxygens (including phenoxy) is 1. The van der Waals surface area contributed by atoms with E-state index in [4.69, 9.17) is 10.5 Å². The number of rotatable bonds is 5. The summed E-state index contributed by atoms with van der Waals surface area (Å²) in [6.45, 7) is 0.764. The summed E-state index contributed by atoms with van der Waals surface area (Å²) in [7, 11) is 0. The zero-order valence-electron chi connectivity index (χ0n) is 16.2. The van der Waals surface area contributed by atoms with E-state index in [1.165, 1.54) is 30.3 Å². The molecule has 0 aromatic heterocycles. The number of carbonyl (C=O) groups is 2. The molecular weight excluding hydrogens is 399 g/mol. The highest BCUT2D eigenvalue weighted by Crippen LogP contribution is 2.36. The molecule has 1 aliphatic rings. The van der Waals surface area contributed by atoms with Crippen molar-refractivity contribution in [1.82, 2.24) is 0 Å². The first-order valence-corrected chi connectivity index (χ1v) is 9.53. The van der Waals surface area contributed by atoms with Crippen molar-refractivity contribution in [2.75, 3.05) is 35.6 Å². The van der Waals surface area contributed by atoms with E-state index in [-0.39, 0.29) is 11.3 Å². The van der Waals surface area contributed by atoms with Crippen LogP contribution in [0.5, 0.6) is 0 Å². The molecule has 0 saturated carbocycles. The zero-order valence-corrected chi connectivity index (χ0v) is 16.2. The van der Waals surface area contributed by atoms with E-state index in [2.05, 4.69) is 5.32 Å². The van der Waals surface area contributed by atoms with Crippen LogP contribution in [0.4, 0.5) is 30.2 Å². The molecule has 0 bridgehead atoms. The standard InChI is InChI=1S/C21H22F3N3O3/c22-21(23,24)15-6-9-18(27-10-2-1-3-11-27)17(12-15)26-19(28)13-30-20(29)14-4-7-16(25)8-5-14/h4-9,12H,1-3,10-11,13,25H2,(H,26,28). The number of hydrogen-bond donors (Lipinski definition) is 2. The Kier molecular flexibility index (Phi) is 6.49. The van der Waals surface area contributed by atoms with Gasteiger partial charge >= 0.3 is 12.1 Å². The Morgan fingerprint density at radius 3 is 2.33 bits per heavy atom. The van der Waals surface area contributed by atoms with Gasteiger partial charge in [-0.3, -0.25) is 4.79 Å². The van der Waals surface area contributed by atoms with Crippen LogP contribution >= 0.6 is 0 Å². The average molecular weight is 421 g/mol. The summed E-state index contributed by atoms with van der Waals surface area (Å²) in [5.74, 6) is -1.46. The fourth-order valence-corrected chi connectivity index (χ4v) is 3.24. The monoisotopic (exact) mass is 421 g/mol. The van der Waals surface area contributed by atoms with Gasteiger partial charge in [-0.05, 0) is 61.7 Å². The molecule has 3 N–H and O–H groups in total. The molecule has 1 amide bonds. The molecule has 0 unspecified atom stereocenters. The maximum Gasteiger partial charge on any atom is 0.416 e. The normalized spacial score (nSPS) is 14.3. The number of hydrogen-bond acceptors (Lipinski definition) is 5. The third-order valence-corrected chi connectivity index (χ3v) is 4.78. The van der Waals surface area contributed by atoms with Crippen molar-refractivity contribution in [3.05, 3.63) is 53.6 Å². The van der Waals surface area contributed by atoms with Crippen molar-refractivity contribution in [1.29, 1.82) is 0 Å². The molecule has 0 atom stereocenters. The highest BCUT2D eigenvalue weighted by molar-refractivity contribution is 5.97. The predicted molar refractivity (Wildman–Crippen MR) is 107 cm³/mol. The number of anilines is 3. The lowest BCUT2D eigenvalue weighted by molar-refractivity contribution is -0.137. The number of carbonyl (C=O) groups excluding carboxylic acids is 2. The molecule has 30 heavy (non-hydrogen) atoms. The minimum Gasteiger partial charge on any atom is -0.452 e. The Bertz CT molecular complexity index is 908. The largest absolute Gasteiger partial charge is 0.452 e. The number of amides is 1. The fraction of sp³-hybridized carbons (Fsp3) is 0.333. The maximum absolute atomic E-state index is 13.1. The molecule has 9 heteroatoms. The molecule has 1 heterocycles. The van der Waals surface area contributed by atoms with Crippen LogP contribution in [0.3, 0.4) is 0 Å². The van der Waals surface area contributed by atoms with Crippen molar-refractivity contribution in [3.63, 3.8) is 0 Å². The van der Waals surface area contributed by atoms with E-state index in [0.717, 1.165) is 31.4 Å². The van der Waals surface area contributed by atoms with Gasteiger partial charge in [0, 0.05) is 18.8 Å². The van der Waals surface area contributed by atoms with Crippen molar-refractivity contribution in [3.8, 4) is 0 Å². The van der Waals surface area contributed by atoms with Gasteiger partial charge in [0.2, 0.25) is 0 Å². The smallest absolute Gasteiger partial charge is 0.416 e. The highest BCUT2D eigenvalue weighted by Gasteiger charge is 2.32. The second-order valence-electron chi connectivity index (χ2n) is 7.02. The van der Waals surface area contributed by atoms with Crippen LogP contribution in [0.15, 0.2) is 42.5 Å². The van der Waals surface area contributed by atoms with E-state index < -0.39 is 30.2 Å². The molecule has 0 radical (unpaired) electrons. The number of benzene rings is 2. The second kappa shape index (κ2) is 9.06. The summed E-state index contributed by atoms with van der Waals surface area (Å²) in [6, 6.07) is 9.22. The van der Waals surface area contributed by atoms with Crippen molar-refractivity contribution in [2.24, 2.45) is 0 Å². The van der Waals surface area contributed by atoms with Crippen LogP contribution in [0.2, 0.25) is 0 Å². The Morgan fingerprint density at radius 1 is 1.03 bits per heavy atom. The molecule has 2 aromatic rings. The molecule has 1 fully saturated rings. The fourth-order valence-electron chi connectivity index (χ4n) is 3.24. The molecule has 2 aromatic carbocycles. The topological polar surface area (TPSA) is 84.7 Å². The van der Waals surface area contributed by atoms with E-state index in [1.807, 2.05) is 4.90 Å². The number of nitrogens with zero attached hydrogens (tertiary/aromatic N) is 1. The number of nitrogens with one attached hydrogen (secondary N) is 1. The molecule has 0 aliphatic carbocycles. The number of halogens is 3. The quantitative estimate of drug-likeness (QED) is 0.562. The van der Waals surface area contributed by atoms with Crippen LogP contribution in [-0.2, 0) is 15.7 Å². The molecule has 0 spiro atoms. The van der Waals surface area contributed by atoms with Gasteiger partial charge in [0.25, 0.3) is 5.91 Å². The van der Waals surface area contributed by atoms with Crippen LogP contribution in [-0.4, -0.2) is 31.6 Å². The van der Waals surface area contributed by atoms with Gasteiger partial charge in [0.1, 0.15) is 0 Å². The zero-order chi connectivity index (χ0) is 21.7. The Labute approximate surface area is 171 Å². The maximum atomic E-state index is 13.1. The molecule has 1 saturated heterocycles. The number of nitrogen functional groups attached to an aromatic ring is 1. The summed E-state index contributed by atoms with van der Waals surface area (Å²) >= 11 is 0. The third-order valence-electron chi connectivity index (χ3n) is 4.78. The Morgan fingerprint density at radius 2 is 1.70 bits per heavy atom. The predicted octanol–water partition coefficient (Wildman–Crippen LogP) is 4.07. The van der Waals surface area contributed by atoms with Gasteiger partial charge in [0.15, 0.2) is 6.61 Å². The van der Waals surface area contributed by atoms with Crippen LogP contribution in [0.25, 0.3) is 0 Å². The van der Waals surface area contributed by atoms with Gasteiger partial charge in [-0.15, -0.1) is 0 Å². The Balaban J connectivity index is 1.71. The van der Waals surface area contributed by atoms with Gasteiger partial charge < -0.3 is 20.7 Å². The second-order valence-corrected chi connectivity index (χ2v) is 7.02. The number of esters is 1. The lowest BCUT2D eigenvalue weighted by Gasteiger charge is -2.31. The first-order valence-electron chi connectivity index (χ1n) is 9.53. The summed E-state index contributed by atoms with van der Waals surface area (Å²) in [5.41, 5.74) is 5.93. The van der Waals surface area contributed by atoms with E-state index >= 15 is 0 Å². The van der Waals surface area contributed by atoms with Gasteiger partial charge in [-0.1, -0.05) is 0 Å². The number of alkyl halides is 3. The minimum atomic E-state index is -4.54. The van der Waals surface area contributed by atoms with Gasteiger partial charge in [-0.2, -0.15) is 13.2 Å². The number of piperidine rings is 1. The van der Waals surface area contributed by atoms with Crippen molar-refractivity contribution >= 4 is 28.9 Å². The first kappa shape index (κ1) is 21.5. The average Bonchev–Trinajstić information content (AvgIpc) is 2.72. The molecule has 1 aliphatic heterocycles. The Hall–Kier alpha value is -3.23. The lowest BCUT2D eigenvalue weighted by atomic mass is 10.1. The van der Waals surface area contributed by atoms with E-state index in [0.29, 0.717) is 24.5 Å². The van der Waals surface area contributed by atoms with Crippen molar-refractivity contribution < 1.29 is 27.5 Å². The molecular formula is C21H22F3N3O3. The third kappa shape index (κ3) is 5.43. The summed E-state index contributed by atoms with van der Waals surface area (Å²) < 4.78 is 44.4. The summed E-state index contributed by atoms with van der Waals surface area (Å²) in [4.78, 5) is 26.2. The minimum absolute atomic E-state index is 0.0419. The van der Waals surface area contributed by atoms with Crippen molar-refractivity contribution in [2.45, 2.75) is 25.4 Å². The van der Waals surface area contributed by atoms with E-state index in [1.54, 1.807) is 0 Å². The van der Waals surface area contributed by atoms with Gasteiger partial charge in [-0.25, -0.2) is 4.79 Å². The van der Waals surface area contributed by atoms with Crippen LogP contribution in [0, 0.1) is 0 Å². The molecule has 160 valence electrons. The molecule has 3 rings (SSSR count). The van der Waals surface area contributed by atoms with Gasteiger partial charge in [0.05, 0.1) is 22.5 Å². The van der Waals surface area contributed by atoms with Crippen LogP contribution < -0.4 is 16.0 Å². The van der Waals surface area contributed by atoms with E-state index in [9.17, 15) is 22.8 Å². The summed E-state index contributed by atoms with van der Waals surface area (Å²) in [5, 5.41) is 2.46. The van der Waals surface area contributed by atoms with Crippen LogP contribution in [0.1, 0.15) is 35.2 Å². The highest BCUT2D eigenvalue weighted by atomic mass is 19.4. The first-order chi connectivity index (χ1) is 14.2. The summed E-state index contributed by atoms with van der Waals surface area (Å²) in [6.07, 6.45) is -1.64. The number of nitrogens with two attached hydrogens (primary N) is 1. The molecule has 6 nitrogen and oxygen atoms in total.